The maximum absolute atomic E-state index is 5.25. The second-order valence-electron chi connectivity index (χ2n) is 6.95. The summed E-state index contributed by atoms with van der Waals surface area (Å²) in [6.07, 6.45) is 11.9. The minimum Gasteiger partial charge on any atom is -0.497 e. The Hall–Kier alpha value is -2.48. The van der Waals surface area contributed by atoms with Crippen molar-refractivity contribution in [3.05, 3.63) is 71.9 Å². The van der Waals surface area contributed by atoms with E-state index in [0.29, 0.717) is 5.92 Å². The molecule has 136 valence electrons. The molecule has 0 aliphatic rings. The number of nitrogens with zero attached hydrogens (tertiary/aromatic N) is 1. The summed E-state index contributed by atoms with van der Waals surface area (Å²) in [5.41, 5.74) is 3.95. The molecule has 26 heavy (non-hydrogen) atoms. The van der Waals surface area contributed by atoms with E-state index in [1.165, 1.54) is 47.7 Å². The van der Waals surface area contributed by atoms with Gasteiger partial charge >= 0.3 is 0 Å². The summed E-state index contributed by atoms with van der Waals surface area (Å²) in [7, 11) is 3.84. The normalized spacial score (nSPS) is 12.7. The van der Waals surface area contributed by atoms with Crippen molar-refractivity contribution >= 4 is 17.0 Å². The van der Waals surface area contributed by atoms with Gasteiger partial charge in [-0.1, -0.05) is 68.7 Å². The Morgan fingerprint density at radius 1 is 1.04 bits per heavy atom. The van der Waals surface area contributed by atoms with Crippen LogP contribution in [0, 0.1) is 0 Å². The van der Waals surface area contributed by atoms with Gasteiger partial charge in [0.15, 0.2) is 0 Å². The van der Waals surface area contributed by atoms with Gasteiger partial charge in [0.1, 0.15) is 5.75 Å². The van der Waals surface area contributed by atoms with Gasteiger partial charge in [-0.05, 0) is 35.7 Å². The number of rotatable bonds is 8. The summed E-state index contributed by atoms with van der Waals surface area (Å²) in [5.74, 6) is 1.34. The van der Waals surface area contributed by atoms with Crippen molar-refractivity contribution in [2.24, 2.45) is 7.05 Å². The number of ether oxygens (including phenoxy) is 1. The zero-order valence-electron chi connectivity index (χ0n) is 16.1. The van der Waals surface area contributed by atoms with Crippen LogP contribution in [0.5, 0.6) is 5.75 Å². The average Bonchev–Trinajstić information content (AvgIpc) is 3.02. The lowest BCUT2D eigenvalue weighted by atomic mass is 9.92. The second-order valence-corrected chi connectivity index (χ2v) is 6.95. The van der Waals surface area contributed by atoms with Crippen LogP contribution in [-0.4, -0.2) is 11.7 Å². The lowest BCUT2D eigenvalue weighted by Gasteiger charge is -2.12. The van der Waals surface area contributed by atoms with E-state index < -0.39 is 0 Å². The summed E-state index contributed by atoms with van der Waals surface area (Å²) >= 11 is 0. The van der Waals surface area contributed by atoms with E-state index >= 15 is 0 Å². The summed E-state index contributed by atoms with van der Waals surface area (Å²) in [6.45, 7) is 2.26. The van der Waals surface area contributed by atoms with Gasteiger partial charge in [-0.2, -0.15) is 0 Å². The first-order valence-electron chi connectivity index (χ1n) is 9.59. The predicted molar refractivity (Wildman–Crippen MR) is 112 cm³/mol. The first kappa shape index (κ1) is 18.3. The molecule has 0 aliphatic carbocycles. The zero-order valence-corrected chi connectivity index (χ0v) is 16.1. The number of aromatic nitrogens is 1. The lowest BCUT2D eigenvalue weighted by Crippen LogP contribution is -1.95. The minimum absolute atomic E-state index is 0.440. The number of para-hydroxylation sites is 1. The fourth-order valence-corrected chi connectivity index (χ4v) is 3.58. The third-order valence-electron chi connectivity index (χ3n) is 5.08. The molecule has 1 unspecified atom stereocenters. The molecule has 3 aromatic rings. The van der Waals surface area contributed by atoms with Crippen molar-refractivity contribution in [1.29, 1.82) is 0 Å². The van der Waals surface area contributed by atoms with Gasteiger partial charge in [0, 0.05) is 30.1 Å². The van der Waals surface area contributed by atoms with Gasteiger partial charge in [-0.15, -0.1) is 0 Å². The standard InChI is InChI=1S/C24H29NO/c1-4-5-6-9-20(15-12-19-13-16-21(26-3)17-14-19)23-18-25(2)24-11-8-7-10-22(23)24/h7-8,10-18,20H,4-6,9H2,1-3H3/b15-12+. The molecule has 2 aromatic carbocycles. The van der Waals surface area contributed by atoms with Gasteiger partial charge in [0.2, 0.25) is 0 Å². The molecular weight excluding hydrogens is 318 g/mol. The van der Waals surface area contributed by atoms with Crippen molar-refractivity contribution < 1.29 is 4.74 Å². The molecule has 0 aliphatic heterocycles. The Balaban J connectivity index is 1.89. The Morgan fingerprint density at radius 2 is 1.81 bits per heavy atom. The van der Waals surface area contributed by atoms with Crippen LogP contribution in [0.3, 0.4) is 0 Å². The largest absolute Gasteiger partial charge is 0.497 e. The van der Waals surface area contributed by atoms with Crippen LogP contribution in [0.25, 0.3) is 17.0 Å². The molecule has 0 N–H and O–H groups in total. The van der Waals surface area contributed by atoms with Crippen LogP contribution in [0.1, 0.15) is 49.7 Å². The number of methoxy groups -OCH3 is 1. The maximum atomic E-state index is 5.25. The van der Waals surface area contributed by atoms with Gasteiger partial charge < -0.3 is 9.30 Å². The highest BCUT2D eigenvalue weighted by Crippen LogP contribution is 2.32. The number of aryl methyl sites for hydroxylation is 1. The second kappa shape index (κ2) is 8.75. The van der Waals surface area contributed by atoms with E-state index in [9.17, 15) is 0 Å². The molecule has 0 amide bonds. The third-order valence-corrected chi connectivity index (χ3v) is 5.08. The van der Waals surface area contributed by atoms with Crippen LogP contribution in [-0.2, 0) is 7.05 Å². The van der Waals surface area contributed by atoms with Crippen LogP contribution in [0.2, 0.25) is 0 Å². The molecule has 0 saturated heterocycles. The Morgan fingerprint density at radius 3 is 2.54 bits per heavy atom. The van der Waals surface area contributed by atoms with E-state index in [-0.39, 0.29) is 0 Å². The van der Waals surface area contributed by atoms with Crippen LogP contribution in [0.15, 0.2) is 60.8 Å². The topological polar surface area (TPSA) is 14.2 Å². The Bertz CT molecular complexity index is 858. The van der Waals surface area contributed by atoms with Crippen LogP contribution < -0.4 is 4.74 Å². The number of hydrogen-bond donors (Lipinski definition) is 0. The molecule has 2 heteroatoms. The zero-order chi connectivity index (χ0) is 18.4. The first-order chi connectivity index (χ1) is 12.7. The maximum Gasteiger partial charge on any atom is 0.118 e. The highest BCUT2D eigenvalue weighted by Gasteiger charge is 2.14. The Kier molecular flexibility index (Phi) is 6.17. The van der Waals surface area contributed by atoms with E-state index in [4.69, 9.17) is 4.74 Å². The fraction of sp³-hybridized carbons (Fsp3) is 0.333. The molecule has 0 fully saturated rings. The highest BCUT2D eigenvalue weighted by atomic mass is 16.5. The number of unbranched alkanes of at least 4 members (excludes halogenated alkanes) is 2. The smallest absolute Gasteiger partial charge is 0.118 e. The van der Waals surface area contributed by atoms with Crippen molar-refractivity contribution in [3.63, 3.8) is 0 Å². The first-order valence-corrected chi connectivity index (χ1v) is 9.59. The monoisotopic (exact) mass is 347 g/mol. The van der Waals surface area contributed by atoms with E-state index in [1.807, 2.05) is 12.1 Å². The summed E-state index contributed by atoms with van der Waals surface area (Å²) in [6, 6.07) is 17.0. The summed E-state index contributed by atoms with van der Waals surface area (Å²) in [5, 5.41) is 1.37. The molecule has 3 rings (SSSR count). The van der Waals surface area contributed by atoms with Crippen LogP contribution in [0.4, 0.5) is 0 Å². The van der Waals surface area contributed by atoms with E-state index in [1.54, 1.807) is 7.11 Å². The minimum atomic E-state index is 0.440. The summed E-state index contributed by atoms with van der Waals surface area (Å²) < 4.78 is 7.50. The number of hydrogen-bond acceptors (Lipinski definition) is 1. The van der Waals surface area contributed by atoms with Crippen molar-refractivity contribution in [2.45, 2.75) is 38.5 Å². The molecule has 0 spiro atoms. The lowest BCUT2D eigenvalue weighted by molar-refractivity contribution is 0.415. The van der Waals surface area contributed by atoms with Crippen molar-refractivity contribution in [2.75, 3.05) is 7.11 Å². The highest BCUT2D eigenvalue weighted by molar-refractivity contribution is 5.84. The van der Waals surface area contributed by atoms with Crippen molar-refractivity contribution in [3.8, 4) is 5.75 Å². The predicted octanol–water partition coefficient (Wildman–Crippen LogP) is 6.56. The molecule has 0 saturated carbocycles. The molecule has 0 radical (unpaired) electrons. The molecule has 1 heterocycles. The van der Waals surface area contributed by atoms with Crippen molar-refractivity contribution in [1.82, 2.24) is 4.57 Å². The van der Waals surface area contributed by atoms with Gasteiger partial charge in [0.05, 0.1) is 7.11 Å². The molecular formula is C24H29NO. The van der Waals surface area contributed by atoms with Gasteiger partial charge in [-0.3, -0.25) is 0 Å². The fourth-order valence-electron chi connectivity index (χ4n) is 3.58. The SMILES string of the molecule is CCCCCC(/C=C/c1ccc(OC)cc1)c1cn(C)c2ccccc12. The van der Waals surface area contributed by atoms with Gasteiger partial charge in [-0.25, -0.2) is 0 Å². The number of fused-ring (bicyclic) bond motifs is 1. The van der Waals surface area contributed by atoms with Gasteiger partial charge in [0.25, 0.3) is 0 Å². The number of benzene rings is 2. The quantitative estimate of drug-likeness (QED) is 0.421. The summed E-state index contributed by atoms with van der Waals surface area (Å²) in [4.78, 5) is 0. The molecule has 1 atom stereocenters. The molecule has 0 bridgehead atoms. The number of allylic oxidation sites excluding steroid dienone is 1. The molecule has 2 nitrogen and oxygen atoms in total. The van der Waals surface area contributed by atoms with E-state index in [0.717, 1.165) is 5.75 Å². The Labute approximate surface area is 157 Å². The van der Waals surface area contributed by atoms with Crippen LogP contribution >= 0.6 is 0 Å². The third kappa shape index (κ3) is 4.19. The molecule has 1 aromatic heterocycles. The average molecular weight is 348 g/mol. The van der Waals surface area contributed by atoms with E-state index in [2.05, 4.69) is 73.3 Å².